The Labute approximate surface area is 288 Å². The van der Waals surface area contributed by atoms with Crippen LogP contribution in [0.1, 0.15) is 181 Å². The third-order valence-electron chi connectivity index (χ3n) is 8.72. The average molecular weight is 642 g/mol. The first-order valence-corrected chi connectivity index (χ1v) is 19.8. The average Bonchev–Trinajstić information content (AvgIpc) is 3.04. The summed E-state index contributed by atoms with van der Waals surface area (Å²) in [5, 5.41) is 11.1. The van der Waals surface area contributed by atoms with Gasteiger partial charge in [-0.15, -0.1) is 0 Å². The standard InChI is InChI=1S/C43H79NO2/c1-6-8-10-12-14-16-18-20-22-24-25-27-29-31-33-35-37-42(45)43(46-41(3)39-40-44(4)5)38-36-34-32-30-28-26-23-21-19-17-15-13-11-9-7-2/h15-18,21-24,42-43,45H,3,6-14,19-20,25-40H2,1-2,4-5H3/b17-15-,18-16-,23-21-,24-22-. The van der Waals surface area contributed by atoms with E-state index in [0.29, 0.717) is 0 Å². The minimum Gasteiger partial charge on any atom is -0.493 e. The van der Waals surface area contributed by atoms with Crippen LogP contribution in [0, 0.1) is 0 Å². The molecule has 0 aliphatic heterocycles. The van der Waals surface area contributed by atoms with Crippen molar-refractivity contribution >= 4 is 0 Å². The number of aliphatic hydroxyl groups is 1. The first-order chi connectivity index (χ1) is 22.5. The molecule has 0 rings (SSSR count). The van der Waals surface area contributed by atoms with E-state index in [4.69, 9.17) is 4.74 Å². The molecule has 0 saturated heterocycles. The van der Waals surface area contributed by atoms with Crippen LogP contribution in [0.3, 0.4) is 0 Å². The Kier molecular flexibility index (Phi) is 35.0. The molecular formula is C43H79NO2. The maximum absolute atomic E-state index is 11.1. The summed E-state index contributed by atoms with van der Waals surface area (Å²) in [6.45, 7) is 9.62. The van der Waals surface area contributed by atoms with Crippen molar-refractivity contribution in [1.82, 2.24) is 4.90 Å². The highest BCUT2D eigenvalue weighted by Gasteiger charge is 2.21. The zero-order valence-corrected chi connectivity index (χ0v) is 31.4. The summed E-state index contributed by atoms with van der Waals surface area (Å²) in [7, 11) is 4.15. The Hall–Kier alpha value is -1.58. The second-order valence-corrected chi connectivity index (χ2v) is 13.7. The smallest absolute Gasteiger partial charge is 0.124 e. The molecule has 0 fully saturated rings. The van der Waals surface area contributed by atoms with Crippen LogP contribution in [0.5, 0.6) is 0 Å². The van der Waals surface area contributed by atoms with Gasteiger partial charge in [0.15, 0.2) is 0 Å². The highest BCUT2D eigenvalue weighted by Crippen LogP contribution is 2.21. The summed E-state index contributed by atoms with van der Waals surface area (Å²) in [6, 6.07) is 0. The molecule has 268 valence electrons. The topological polar surface area (TPSA) is 32.7 Å². The lowest BCUT2D eigenvalue weighted by atomic mass is 9.99. The van der Waals surface area contributed by atoms with E-state index in [1.54, 1.807) is 0 Å². The second-order valence-electron chi connectivity index (χ2n) is 13.7. The minimum atomic E-state index is -0.399. The fourth-order valence-electron chi connectivity index (χ4n) is 5.64. The molecule has 0 saturated carbocycles. The summed E-state index contributed by atoms with van der Waals surface area (Å²) in [5.74, 6) is 0.816. The fourth-order valence-corrected chi connectivity index (χ4v) is 5.64. The molecule has 0 aromatic carbocycles. The van der Waals surface area contributed by atoms with Crippen LogP contribution < -0.4 is 0 Å². The van der Waals surface area contributed by atoms with E-state index in [1.807, 2.05) is 0 Å². The molecule has 1 N–H and O–H groups in total. The molecule has 0 spiro atoms. The molecule has 3 heteroatoms. The van der Waals surface area contributed by atoms with Crippen LogP contribution in [0.25, 0.3) is 0 Å². The lowest BCUT2D eigenvalue weighted by molar-refractivity contribution is -0.0175. The van der Waals surface area contributed by atoms with Crippen molar-refractivity contribution in [3.05, 3.63) is 60.9 Å². The molecule has 0 aromatic heterocycles. The summed E-state index contributed by atoms with van der Waals surface area (Å²) in [4.78, 5) is 2.16. The first kappa shape index (κ1) is 44.4. The van der Waals surface area contributed by atoms with Gasteiger partial charge in [0.05, 0.1) is 11.9 Å². The van der Waals surface area contributed by atoms with Crippen molar-refractivity contribution in [2.24, 2.45) is 0 Å². The molecule has 0 aromatic rings. The second kappa shape index (κ2) is 36.3. The molecule has 0 aliphatic rings. The predicted octanol–water partition coefficient (Wildman–Crippen LogP) is 13.2. The minimum absolute atomic E-state index is 0.122. The van der Waals surface area contributed by atoms with Gasteiger partial charge in [-0.1, -0.05) is 146 Å². The largest absolute Gasteiger partial charge is 0.493 e. The van der Waals surface area contributed by atoms with E-state index >= 15 is 0 Å². The maximum Gasteiger partial charge on any atom is 0.124 e. The van der Waals surface area contributed by atoms with E-state index < -0.39 is 6.10 Å². The molecule has 0 amide bonds. The van der Waals surface area contributed by atoms with Gasteiger partial charge in [0.2, 0.25) is 0 Å². The summed E-state index contributed by atoms with van der Waals surface area (Å²) >= 11 is 0. The van der Waals surface area contributed by atoms with Gasteiger partial charge >= 0.3 is 0 Å². The van der Waals surface area contributed by atoms with E-state index in [2.05, 4.69) is 88.0 Å². The number of hydrogen-bond acceptors (Lipinski definition) is 3. The molecule has 0 bridgehead atoms. The van der Waals surface area contributed by atoms with E-state index in [-0.39, 0.29) is 6.10 Å². The number of nitrogens with zero attached hydrogens (tertiary/aromatic N) is 1. The number of unbranched alkanes of at least 4 members (excludes halogenated alkanes) is 17. The third-order valence-corrected chi connectivity index (χ3v) is 8.72. The molecule has 3 nitrogen and oxygen atoms in total. The molecule has 46 heavy (non-hydrogen) atoms. The Morgan fingerprint density at radius 2 is 0.957 bits per heavy atom. The number of aliphatic hydroxyl groups excluding tert-OH is 1. The van der Waals surface area contributed by atoms with Crippen molar-refractivity contribution in [1.29, 1.82) is 0 Å². The Morgan fingerprint density at radius 1 is 0.565 bits per heavy atom. The first-order valence-electron chi connectivity index (χ1n) is 19.8. The summed E-state index contributed by atoms with van der Waals surface area (Å²) < 4.78 is 6.26. The molecule has 2 unspecified atom stereocenters. The van der Waals surface area contributed by atoms with Crippen LogP contribution >= 0.6 is 0 Å². The van der Waals surface area contributed by atoms with Gasteiger partial charge < -0.3 is 14.7 Å². The van der Waals surface area contributed by atoms with E-state index in [1.165, 1.54) is 122 Å². The SMILES string of the molecule is C=C(CCN(C)C)OC(CCCCCCC/C=C\C/C=C\CCCCC)C(O)CCCCCCC/C=C\C/C=C\CCCCCC. The fraction of sp³-hybridized carbons (Fsp3) is 0.767. The number of rotatable bonds is 35. The van der Waals surface area contributed by atoms with Crippen molar-refractivity contribution in [3.8, 4) is 0 Å². The highest BCUT2D eigenvalue weighted by molar-refractivity contribution is 4.93. The molecule has 0 radical (unpaired) electrons. The Morgan fingerprint density at radius 3 is 1.43 bits per heavy atom. The van der Waals surface area contributed by atoms with E-state index in [9.17, 15) is 5.11 Å². The molecule has 0 aliphatic carbocycles. The van der Waals surface area contributed by atoms with Gasteiger partial charge in [-0.3, -0.25) is 0 Å². The van der Waals surface area contributed by atoms with Gasteiger partial charge in [-0.25, -0.2) is 0 Å². The van der Waals surface area contributed by atoms with Gasteiger partial charge in [-0.05, 0) is 97.6 Å². The van der Waals surface area contributed by atoms with Crippen molar-refractivity contribution < 1.29 is 9.84 Å². The van der Waals surface area contributed by atoms with Crippen LogP contribution in [-0.2, 0) is 4.74 Å². The normalized spacial score (nSPS) is 13.7. The number of allylic oxidation sites excluding steroid dienone is 8. The monoisotopic (exact) mass is 642 g/mol. The number of hydrogen-bond donors (Lipinski definition) is 1. The summed E-state index contributed by atoms with van der Waals surface area (Å²) in [6.07, 6.45) is 49.3. The van der Waals surface area contributed by atoms with Gasteiger partial charge in [0, 0.05) is 13.0 Å². The Bertz CT molecular complexity index is 750. The van der Waals surface area contributed by atoms with Gasteiger partial charge in [-0.2, -0.15) is 0 Å². The van der Waals surface area contributed by atoms with Crippen molar-refractivity contribution in [2.75, 3.05) is 20.6 Å². The molecular weight excluding hydrogens is 562 g/mol. The predicted molar refractivity (Wildman–Crippen MR) is 207 cm³/mol. The van der Waals surface area contributed by atoms with Gasteiger partial charge in [0.1, 0.15) is 6.10 Å². The zero-order valence-electron chi connectivity index (χ0n) is 31.4. The van der Waals surface area contributed by atoms with Crippen LogP contribution in [0.4, 0.5) is 0 Å². The van der Waals surface area contributed by atoms with Gasteiger partial charge in [0.25, 0.3) is 0 Å². The maximum atomic E-state index is 11.1. The lowest BCUT2D eigenvalue weighted by Gasteiger charge is -2.26. The zero-order chi connectivity index (χ0) is 33.8. The van der Waals surface area contributed by atoms with Crippen LogP contribution in [0.15, 0.2) is 60.9 Å². The Balaban J connectivity index is 4.11. The number of ether oxygens (including phenoxy) is 1. The molecule has 0 heterocycles. The quantitative estimate of drug-likeness (QED) is 0.0424. The third kappa shape index (κ3) is 33.8. The van der Waals surface area contributed by atoms with Crippen molar-refractivity contribution in [2.45, 2.75) is 193 Å². The molecule has 2 atom stereocenters. The van der Waals surface area contributed by atoms with Crippen molar-refractivity contribution in [3.63, 3.8) is 0 Å². The summed E-state index contributed by atoms with van der Waals surface area (Å²) in [5.41, 5.74) is 0. The van der Waals surface area contributed by atoms with E-state index in [0.717, 1.165) is 57.2 Å². The van der Waals surface area contributed by atoms with Crippen LogP contribution in [-0.4, -0.2) is 42.9 Å². The highest BCUT2D eigenvalue weighted by atomic mass is 16.5. The lowest BCUT2D eigenvalue weighted by Crippen LogP contribution is -2.29. The van der Waals surface area contributed by atoms with Crippen LogP contribution in [0.2, 0.25) is 0 Å².